The maximum atomic E-state index is 12.1. The van der Waals surface area contributed by atoms with E-state index >= 15 is 0 Å². The number of hydrogen-bond donors (Lipinski definition) is 2. The van der Waals surface area contributed by atoms with Gasteiger partial charge in [-0.3, -0.25) is 4.79 Å². The highest BCUT2D eigenvalue weighted by Gasteiger charge is 2.24. The molecule has 0 saturated carbocycles. The van der Waals surface area contributed by atoms with Gasteiger partial charge >= 0.3 is 5.97 Å². The molecule has 1 aromatic rings. The van der Waals surface area contributed by atoms with E-state index in [1.807, 2.05) is 0 Å². The van der Waals surface area contributed by atoms with Gasteiger partial charge < -0.3 is 15.2 Å². The molecule has 5 nitrogen and oxygen atoms in total. The van der Waals surface area contributed by atoms with Gasteiger partial charge in [0.05, 0.1) is 16.3 Å². The molecule has 1 aliphatic rings. The van der Waals surface area contributed by atoms with E-state index in [0.717, 1.165) is 0 Å². The van der Waals surface area contributed by atoms with Crippen LogP contribution in [-0.4, -0.2) is 30.2 Å². The SMILES string of the molecule is O=C(O)c1cc(Cl)cc(Cl)c1NC(=O)C1CCOCC1. The number of nitrogens with one attached hydrogen (secondary N) is 1. The van der Waals surface area contributed by atoms with E-state index in [1.165, 1.54) is 12.1 Å². The lowest BCUT2D eigenvalue weighted by Gasteiger charge is -2.22. The number of carboxylic acids is 1. The third kappa shape index (κ3) is 3.42. The maximum Gasteiger partial charge on any atom is 0.337 e. The molecule has 1 heterocycles. The Morgan fingerprint density at radius 1 is 1.25 bits per heavy atom. The summed E-state index contributed by atoms with van der Waals surface area (Å²) < 4.78 is 5.18. The van der Waals surface area contributed by atoms with Crippen molar-refractivity contribution in [1.29, 1.82) is 0 Å². The standard InChI is InChI=1S/C13H13Cl2NO4/c14-8-5-9(13(18)19)11(10(15)6-8)16-12(17)7-1-3-20-4-2-7/h5-7H,1-4H2,(H,16,17)(H,18,19). The molecule has 1 saturated heterocycles. The van der Waals surface area contributed by atoms with Crippen LogP contribution in [0.5, 0.6) is 0 Å². The fraction of sp³-hybridized carbons (Fsp3) is 0.385. The maximum absolute atomic E-state index is 12.1. The van der Waals surface area contributed by atoms with Crippen LogP contribution in [0.2, 0.25) is 10.0 Å². The molecular formula is C13H13Cl2NO4. The van der Waals surface area contributed by atoms with Gasteiger partial charge in [-0.1, -0.05) is 23.2 Å². The summed E-state index contributed by atoms with van der Waals surface area (Å²) in [6.07, 6.45) is 1.22. The van der Waals surface area contributed by atoms with E-state index in [9.17, 15) is 9.59 Å². The van der Waals surface area contributed by atoms with Gasteiger partial charge in [0.2, 0.25) is 5.91 Å². The molecule has 108 valence electrons. The molecule has 0 unspecified atom stereocenters. The van der Waals surface area contributed by atoms with Crippen molar-refractivity contribution in [2.75, 3.05) is 18.5 Å². The van der Waals surface area contributed by atoms with Gasteiger partial charge in [0, 0.05) is 24.2 Å². The van der Waals surface area contributed by atoms with Crippen molar-refractivity contribution < 1.29 is 19.4 Å². The lowest BCUT2D eigenvalue weighted by molar-refractivity contribution is -0.122. The Labute approximate surface area is 125 Å². The van der Waals surface area contributed by atoms with Gasteiger partial charge in [0.25, 0.3) is 0 Å². The molecule has 20 heavy (non-hydrogen) atoms. The number of benzene rings is 1. The Morgan fingerprint density at radius 2 is 1.90 bits per heavy atom. The Bertz CT molecular complexity index is 541. The molecule has 1 amide bonds. The summed E-state index contributed by atoms with van der Waals surface area (Å²) in [5.41, 5.74) is -0.0389. The van der Waals surface area contributed by atoms with Crippen LogP contribution in [-0.2, 0) is 9.53 Å². The average molecular weight is 318 g/mol. The van der Waals surface area contributed by atoms with Crippen molar-refractivity contribution in [3.63, 3.8) is 0 Å². The predicted octanol–water partition coefficient (Wildman–Crippen LogP) is 3.06. The lowest BCUT2D eigenvalue weighted by atomic mass is 9.99. The fourth-order valence-corrected chi connectivity index (χ4v) is 2.60. The molecule has 0 aromatic heterocycles. The van der Waals surface area contributed by atoms with Gasteiger partial charge in [0.15, 0.2) is 0 Å². The molecular weight excluding hydrogens is 305 g/mol. The number of halogens is 2. The second-order valence-corrected chi connectivity index (χ2v) is 5.33. The summed E-state index contributed by atoms with van der Waals surface area (Å²) in [5.74, 6) is -1.64. The quantitative estimate of drug-likeness (QED) is 0.898. The minimum Gasteiger partial charge on any atom is -0.478 e. The summed E-state index contributed by atoms with van der Waals surface area (Å²) in [6.45, 7) is 1.05. The molecule has 2 N–H and O–H groups in total. The Morgan fingerprint density at radius 3 is 2.50 bits per heavy atom. The minimum absolute atomic E-state index is 0.0834. The minimum atomic E-state index is -1.20. The van der Waals surface area contributed by atoms with Gasteiger partial charge in [0.1, 0.15) is 0 Å². The van der Waals surface area contributed by atoms with E-state index in [1.54, 1.807) is 0 Å². The third-order valence-corrected chi connectivity index (χ3v) is 3.64. The molecule has 0 radical (unpaired) electrons. The number of ether oxygens (including phenoxy) is 1. The first-order chi connectivity index (χ1) is 9.49. The topological polar surface area (TPSA) is 75.6 Å². The normalized spacial score (nSPS) is 15.9. The molecule has 1 fully saturated rings. The van der Waals surface area contributed by atoms with Crippen LogP contribution in [0.25, 0.3) is 0 Å². The number of anilines is 1. The van der Waals surface area contributed by atoms with Gasteiger partial charge in [-0.2, -0.15) is 0 Å². The van der Waals surface area contributed by atoms with Crippen LogP contribution >= 0.6 is 23.2 Å². The molecule has 1 aliphatic heterocycles. The Balaban J connectivity index is 2.23. The molecule has 1 aromatic carbocycles. The van der Waals surface area contributed by atoms with Gasteiger partial charge in [-0.05, 0) is 25.0 Å². The number of carbonyl (C=O) groups is 2. The van der Waals surface area contributed by atoms with E-state index < -0.39 is 5.97 Å². The van der Waals surface area contributed by atoms with Gasteiger partial charge in [-0.15, -0.1) is 0 Å². The van der Waals surface area contributed by atoms with Crippen molar-refractivity contribution in [3.05, 3.63) is 27.7 Å². The number of carbonyl (C=O) groups excluding carboxylic acids is 1. The first kappa shape index (κ1) is 15.1. The largest absolute Gasteiger partial charge is 0.478 e. The van der Waals surface area contributed by atoms with Crippen molar-refractivity contribution in [1.82, 2.24) is 0 Å². The monoisotopic (exact) mass is 317 g/mol. The number of rotatable bonds is 3. The second kappa shape index (κ2) is 6.43. The zero-order valence-electron chi connectivity index (χ0n) is 10.5. The summed E-state index contributed by atoms with van der Waals surface area (Å²) in [6, 6.07) is 2.66. The van der Waals surface area contributed by atoms with Crippen molar-refractivity contribution in [2.45, 2.75) is 12.8 Å². The second-order valence-electron chi connectivity index (χ2n) is 4.49. The summed E-state index contributed by atoms with van der Waals surface area (Å²) in [7, 11) is 0. The first-order valence-electron chi connectivity index (χ1n) is 6.10. The highest BCUT2D eigenvalue weighted by atomic mass is 35.5. The Kier molecular flexibility index (Phi) is 4.86. The molecule has 0 spiro atoms. The number of hydrogen-bond acceptors (Lipinski definition) is 3. The van der Waals surface area contributed by atoms with Crippen LogP contribution < -0.4 is 5.32 Å². The van der Waals surface area contributed by atoms with Crippen LogP contribution in [0, 0.1) is 5.92 Å². The molecule has 2 rings (SSSR count). The zero-order chi connectivity index (χ0) is 14.7. The molecule has 0 atom stereocenters. The van der Waals surface area contributed by atoms with Crippen LogP contribution in [0.4, 0.5) is 5.69 Å². The summed E-state index contributed by atoms with van der Waals surface area (Å²) >= 11 is 11.7. The van der Waals surface area contributed by atoms with Crippen molar-refractivity contribution in [3.8, 4) is 0 Å². The number of amides is 1. The van der Waals surface area contributed by atoms with E-state index in [4.69, 9.17) is 33.0 Å². The third-order valence-electron chi connectivity index (χ3n) is 3.13. The van der Waals surface area contributed by atoms with Crippen molar-refractivity contribution >= 4 is 40.8 Å². The highest BCUT2D eigenvalue weighted by molar-refractivity contribution is 6.37. The molecule has 0 bridgehead atoms. The predicted molar refractivity (Wildman–Crippen MR) is 75.6 cm³/mol. The number of carboxylic acid groups (broad SMARTS) is 1. The fourth-order valence-electron chi connectivity index (χ4n) is 2.05. The smallest absolute Gasteiger partial charge is 0.337 e. The van der Waals surface area contributed by atoms with Crippen LogP contribution in [0.15, 0.2) is 12.1 Å². The lowest BCUT2D eigenvalue weighted by Crippen LogP contribution is -2.29. The van der Waals surface area contributed by atoms with Crippen LogP contribution in [0.3, 0.4) is 0 Å². The van der Waals surface area contributed by atoms with E-state index in [0.29, 0.717) is 26.1 Å². The Hall–Kier alpha value is -1.30. The summed E-state index contributed by atoms with van der Waals surface area (Å²) in [4.78, 5) is 23.3. The molecule has 0 aliphatic carbocycles. The van der Waals surface area contributed by atoms with E-state index in [-0.39, 0.29) is 33.1 Å². The van der Waals surface area contributed by atoms with Gasteiger partial charge in [-0.25, -0.2) is 4.79 Å². The zero-order valence-corrected chi connectivity index (χ0v) is 12.0. The summed E-state index contributed by atoms with van der Waals surface area (Å²) in [5, 5.41) is 12.1. The highest BCUT2D eigenvalue weighted by Crippen LogP contribution is 2.31. The number of aromatic carboxylic acids is 1. The molecule has 7 heteroatoms. The first-order valence-corrected chi connectivity index (χ1v) is 6.85. The van der Waals surface area contributed by atoms with E-state index in [2.05, 4.69) is 5.32 Å². The van der Waals surface area contributed by atoms with Crippen LogP contribution in [0.1, 0.15) is 23.2 Å². The average Bonchev–Trinajstić information content (AvgIpc) is 2.42. The van der Waals surface area contributed by atoms with Crippen molar-refractivity contribution in [2.24, 2.45) is 5.92 Å².